The summed E-state index contributed by atoms with van der Waals surface area (Å²) in [6, 6.07) is 7.25. The number of para-hydroxylation sites is 2. The van der Waals surface area contributed by atoms with Gasteiger partial charge in [-0.1, -0.05) is 45.7 Å². The number of anilines is 1. The van der Waals surface area contributed by atoms with Crippen LogP contribution in [0.15, 0.2) is 24.3 Å². The van der Waals surface area contributed by atoms with Crippen LogP contribution >= 0.6 is 0 Å². The molecule has 9 nitrogen and oxygen atoms in total. The zero-order chi connectivity index (χ0) is 23.6. The summed E-state index contributed by atoms with van der Waals surface area (Å²) in [6.45, 7) is 9.30. The third-order valence-corrected chi connectivity index (χ3v) is 7.24. The molecule has 1 aliphatic heterocycles. The minimum Gasteiger partial charge on any atom is -0.323 e. The van der Waals surface area contributed by atoms with E-state index in [0.29, 0.717) is 18.9 Å². The molecule has 1 spiro atoms. The van der Waals surface area contributed by atoms with Crippen LogP contribution in [0.3, 0.4) is 0 Å². The topological polar surface area (TPSA) is 99.6 Å². The summed E-state index contributed by atoms with van der Waals surface area (Å²) in [5.74, 6) is -0.232. The van der Waals surface area contributed by atoms with Crippen molar-refractivity contribution >= 4 is 34.8 Å². The van der Waals surface area contributed by atoms with Crippen molar-refractivity contribution < 1.29 is 14.4 Å². The van der Waals surface area contributed by atoms with Gasteiger partial charge in [0.2, 0.25) is 11.9 Å². The molecule has 2 N–H and O–H groups in total. The summed E-state index contributed by atoms with van der Waals surface area (Å²) < 4.78 is 1.99. The van der Waals surface area contributed by atoms with Crippen LogP contribution in [-0.4, -0.2) is 68.9 Å². The van der Waals surface area contributed by atoms with Crippen LogP contribution in [-0.2, 0) is 16.1 Å². The lowest BCUT2D eigenvalue weighted by Crippen LogP contribution is -2.54. The van der Waals surface area contributed by atoms with E-state index < -0.39 is 17.5 Å². The molecular formula is C24H34N6O3. The van der Waals surface area contributed by atoms with Gasteiger partial charge in [-0.3, -0.25) is 19.8 Å². The van der Waals surface area contributed by atoms with Crippen molar-refractivity contribution in [3.63, 3.8) is 0 Å². The number of amides is 4. The highest BCUT2D eigenvalue weighted by atomic mass is 16.2. The molecule has 9 heteroatoms. The summed E-state index contributed by atoms with van der Waals surface area (Å²) in [6.07, 6.45) is 3.46. The van der Waals surface area contributed by atoms with Crippen LogP contribution in [0, 0.1) is 5.92 Å². The minimum absolute atomic E-state index is 0.0556. The zero-order valence-electron chi connectivity index (χ0n) is 19.8. The van der Waals surface area contributed by atoms with Crippen molar-refractivity contribution in [2.24, 2.45) is 5.92 Å². The predicted octanol–water partition coefficient (Wildman–Crippen LogP) is 2.82. The minimum atomic E-state index is -0.869. The van der Waals surface area contributed by atoms with Crippen LogP contribution in [0.25, 0.3) is 11.0 Å². The molecule has 0 unspecified atom stereocenters. The summed E-state index contributed by atoms with van der Waals surface area (Å²) in [7, 11) is 0. The van der Waals surface area contributed by atoms with E-state index in [0.717, 1.165) is 54.8 Å². The molecule has 1 aromatic heterocycles. The van der Waals surface area contributed by atoms with Crippen LogP contribution in [0.1, 0.15) is 46.5 Å². The largest absolute Gasteiger partial charge is 0.325 e. The smallest absolute Gasteiger partial charge is 0.323 e. The highest BCUT2D eigenvalue weighted by molar-refractivity contribution is 6.10. The number of carbonyl (C=O) groups is 3. The van der Waals surface area contributed by atoms with Gasteiger partial charge in [0.15, 0.2) is 0 Å². The summed E-state index contributed by atoms with van der Waals surface area (Å²) in [5, 5.41) is 5.75. The number of aromatic nitrogens is 2. The molecule has 1 saturated heterocycles. The number of nitrogens with one attached hydrogen (secondary N) is 2. The normalized spacial score (nSPS) is 23.0. The molecule has 1 aliphatic carbocycles. The number of fused-ring (bicyclic) bond motifs is 1. The van der Waals surface area contributed by atoms with E-state index in [-0.39, 0.29) is 18.4 Å². The van der Waals surface area contributed by atoms with Gasteiger partial charge < -0.3 is 14.8 Å². The second-order valence-electron chi connectivity index (χ2n) is 9.09. The van der Waals surface area contributed by atoms with Gasteiger partial charge in [0.05, 0.1) is 11.0 Å². The lowest BCUT2D eigenvalue weighted by molar-refractivity contribution is -0.136. The quantitative estimate of drug-likeness (QED) is 0.598. The summed E-state index contributed by atoms with van der Waals surface area (Å²) in [5.41, 5.74) is 0.856. The van der Waals surface area contributed by atoms with E-state index in [9.17, 15) is 14.4 Å². The van der Waals surface area contributed by atoms with Crippen LogP contribution in [0.2, 0.25) is 0 Å². The van der Waals surface area contributed by atoms with Crippen molar-refractivity contribution in [2.45, 2.75) is 58.5 Å². The van der Waals surface area contributed by atoms with E-state index in [4.69, 9.17) is 0 Å². The van der Waals surface area contributed by atoms with E-state index in [2.05, 4.69) is 34.4 Å². The standard InChI is InChI=1S/C24H34N6O3/c1-4-28(5-2)14-15-29-19-12-7-6-11-18(19)25-22(29)26-20(31)16-30-21(32)24(27-23(30)33)13-9-8-10-17(24)3/h6-7,11-12,17H,4-5,8-10,13-16H2,1-3H3,(H,27,33)(H,25,26,31)/t17-,24+/m1/s1. The van der Waals surface area contributed by atoms with E-state index in [1.165, 1.54) is 0 Å². The van der Waals surface area contributed by atoms with Gasteiger partial charge >= 0.3 is 6.03 Å². The molecule has 2 atom stereocenters. The van der Waals surface area contributed by atoms with Crippen molar-refractivity contribution in [1.29, 1.82) is 0 Å². The van der Waals surface area contributed by atoms with Gasteiger partial charge in [-0.15, -0.1) is 0 Å². The first-order valence-electron chi connectivity index (χ1n) is 12.0. The molecule has 1 aromatic carbocycles. The maximum absolute atomic E-state index is 13.2. The maximum Gasteiger partial charge on any atom is 0.325 e. The van der Waals surface area contributed by atoms with Crippen molar-refractivity contribution in [3.05, 3.63) is 24.3 Å². The first kappa shape index (κ1) is 23.2. The number of likely N-dealkylation sites (N-methyl/N-ethyl adjacent to an activating group) is 1. The summed E-state index contributed by atoms with van der Waals surface area (Å²) in [4.78, 5) is 46.7. The lowest BCUT2D eigenvalue weighted by atomic mass is 9.73. The van der Waals surface area contributed by atoms with E-state index >= 15 is 0 Å². The van der Waals surface area contributed by atoms with Crippen LogP contribution in [0.5, 0.6) is 0 Å². The Balaban J connectivity index is 1.50. The molecule has 0 radical (unpaired) electrons. The molecule has 2 aromatic rings. The monoisotopic (exact) mass is 454 g/mol. The highest BCUT2D eigenvalue weighted by Crippen LogP contribution is 2.38. The number of benzene rings is 1. The zero-order valence-corrected chi connectivity index (χ0v) is 19.8. The fourth-order valence-electron chi connectivity index (χ4n) is 5.13. The number of hydrogen-bond donors (Lipinski definition) is 2. The Labute approximate surface area is 194 Å². The second kappa shape index (κ2) is 9.51. The molecule has 178 valence electrons. The van der Waals surface area contributed by atoms with E-state index in [1.807, 2.05) is 35.8 Å². The Kier molecular flexibility index (Phi) is 6.69. The fourth-order valence-corrected chi connectivity index (χ4v) is 5.13. The Bertz CT molecular complexity index is 1050. The number of urea groups is 1. The fraction of sp³-hybridized carbons (Fsp3) is 0.583. The van der Waals surface area contributed by atoms with Gasteiger partial charge in [0.1, 0.15) is 12.1 Å². The molecule has 2 fully saturated rings. The molecule has 33 heavy (non-hydrogen) atoms. The maximum atomic E-state index is 13.2. The van der Waals surface area contributed by atoms with Crippen molar-refractivity contribution in [2.75, 3.05) is 31.5 Å². The van der Waals surface area contributed by atoms with Gasteiger partial charge in [-0.05, 0) is 44.0 Å². The average Bonchev–Trinajstić information content (AvgIpc) is 3.26. The third kappa shape index (κ3) is 4.34. The number of imidazole rings is 1. The van der Waals surface area contributed by atoms with Gasteiger partial charge in [0.25, 0.3) is 5.91 Å². The Morgan fingerprint density at radius 2 is 2.00 bits per heavy atom. The number of rotatable bonds is 8. The Hall–Kier alpha value is -2.94. The highest BCUT2D eigenvalue weighted by Gasteiger charge is 2.55. The van der Waals surface area contributed by atoms with Crippen LogP contribution in [0.4, 0.5) is 10.7 Å². The predicted molar refractivity (Wildman–Crippen MR) is 127 cm³/mol. The van der Waals surface area contributed by atoms with Crippen molar-refractivity contribution in [3.8, 4) is 0 Å². The van der Waals surface area contributed by atoms with E-state index in [1.54, 1.807) is 0 Å². The molecule has 0 bridgehead atoms. The third-order valence-electron chi connectivity index (χ3n) is 7.24. The summed E-state index contributed by atoms with van der Waals surface area (Å²) >= 11 is 0. The average molecular weight is 455 g/mol. The SMILES string of the molecule is CCN(CC)CCn1c(NC(=O)CN2C(=O)N[C@]3(CCCC[C@H]3C)C2=O)nc2ccccc21. The molecular weight excluding hydrogens is 420 g/mol. The number of carbonyl (C=O) groups excluding carboxylic acids is 3. The Morgan fingerprint density at radius 3 is 2.73 bits per heavy atom. The van der Waals surface area contributed by atoms with Gasteiger partial charge in [0, 0.05) is 13.1 Å². The molecule has 4 rings (SSSR count). The first-order chi connectivity index (χ1) is 15.9. The number of imide groups is 1. The van der Waals surface area contributed by atoms with Gasteiger partial charge in [-0.25, -0.2) is 9.78 Å². The molecule has 2 aliphatic rings. The lowest BCUT2D eigenvalue weighted by Gasteiger charge is -2.36. The molecule has 1 saturated carbocycles. The first-order valence-corrected chi connectivity index (χ1v) is 12.0. The number of hydrogen-bond acceptors (Lipinski definition) is 5. The Morgan fingerprint density at radius 1 is 1.24 bits per heavy atom. The number of nitrogens with zero attached hydrogens (tertiary/aromatic N) is 4. The molecule has 4 amide bonds. The van der Waals surface area contributed by atoms with Gasteiger partial charge in [-0.2, -0.15) is 0 Å². The molecule has 2 heterocycles. The van der Waals surface area contributed by atoms with Crippen molar-refractivity contribution in [1.82, 2.24) is 24.7 Å². The van der Waals surface area contributed by atoms with Crippen LogP contribution < -0.4 is 10.6 Å². The second-order valence-corrected chi connectivity index (χ2v) is 9.09.